The van der Waals surface area contributed by atoms with Gasteiger partial charge in [0.2, 0.25) is 0 Å². The Kier molecular flexibility index (Phi) is 8.16. The standard InChI is InChI=1S/C22H21F3N2O3S2/c1-14-12-31-21(26-14)32-13-15-3-5-16(6-4-15)20(28)27-18-11-17(22(23,24)25)7-8-19(18)30-10-9-29-2/h3-8,11-12H,9-10,13H2,1-2H3,(H,27,28). The van der Waals surface area contributed by atoms with Crippen LogP contribution in [0.3, 0.4) is 0 Å². The number of hydrogen-bond donors (Lipinski definition) is 1. The highest BCUT2D eigenvalue weighted by Crippen LogP contribution is 2.35. The molecule has 1 amide bonds. The highest BCUT2D eigenvalue weighted by atomic mass is 32.2. The normalized spacial score (nSPS) is 11.4. The van der Waals surface area contributed by atoms with Crippen LogP contribution in [-0.2, 0) is 16.7 Å². The Balaban J connectivity index is 1.70. The number of methoxy groups -OCH3 is 1. The van der Waals surface area contributed by atoms with Gasteiger partial charge in [0, 0.05) is 29.5 Å². The van der Waals surface area contributed by atoms with Crippen molar-refractivity contribution >= 4 is 34.7 Å². The zero-order valence-corrected chi connectivity index (χ0v) is 19.0. The summed E-state index contributed by atoms with van der Waals surface area (Å²) in [5.74, 6) is 0.297. The summed E-state index contributed by atoms with van der Waals surface area (Å²) < 4.78 is 50.7. The quantitative estimate of drug-likeness (QED) is 0.298. The summed E-state index contributed by atoms with van der Waals surface area (Å²) in [6, 6.07) is 9.85. The second-order valence-electron chi connectivity index (χ2n) is 6.74. The first-order valence-corrected chi connectivity index (χ1v) is 11.4. The van der Waals surface area contributed by atoms with Gasteiger partial charge in [-0.05, 0) is 42.8 Å². The molecule has 0 unspecified atom stereocenters. The van der Waals surface area contributed by atoms with Crippen LogP contribution in [0.4, 0.5) is 18.9 Å². The Morgan fingerprint density at radius 1 is 1.16 bits per heavy atom. The van der Waals surface area contributed by atoms with E-state index in [1.54, 1.807) is 35.2 Å². The maximum Gasteiger partial charge on any atom is 0.416 e. The number of aryl methyl sites for hydroxylation is 1. The van der Waals surface area contributed by atoms with Crippen LogP contribution in [0, 0.1) is 6.92 Å². The van der Waals surface area contributed by atoms with Crippen molar-refractivity contribution in [3.63, 3.8) is 0 Å². The summed E-state index contributed by atoms with van der Waals surface area (Å²) in [7, 11) is 1.49. The summed E-state index contributed by atoms with van der Waals surface area (Å²) in [4.78, 5) is 17.1. The SMILES string of the molecule is COCCOc1ccc(C(F)(F)F)cc1NC(=O)c1ccc(CSc2nc(C)cs2)cc1. The molecule has 10 heteroatoms. The molecular formula is C22H21F3N2O3S2. The lowest BCUT2D eigenvalue weighted by Gasteiger charge is -2.15. The Morgan fingerprint density at radius 3 is 2.53 bits per heavy atom. The van der Waals surface area contributed by atoms with Gasteiger partial charge in [-0.15, -0.1) is 11.3 Å². The molecule has 0 saturated carbocycles. The van der Waals surface area contributed by atoms with Crippen molar-refractivity contribution in [1.82, 2.24) is 4.98 Å². The molecule has 0 bridgehead atoms. The van der Waals surface area contributed by atoms with Gasteiger partial charge < -0.3 is 14.8 Å². The van der Waals surface area contributed by atoms with Crippen LogP contribution in [0.2, 0.25) is 0 Å². The third-order valence-electron chi connectivity index (χ3n) is 4.28. The summed E-state index contributed by atoms with van der Waals surface area (Å²) in [6.45, 7) is 2.33. The minimum Gasteiger partial charge on any atom is -0.489 e. The Labute approximate surface area is 192 Å². The van der Waals surface area contributed by atoms with E-state index in [0.717, 1.165) is 27.7 Å². The largest absolute Gasteiger partial charge is 0.489 e. The number of carbonyl (C=O) groups excluding carboxylic acids is 1. The summed E-state index contributed by atoms with van der Waals surface area (Å²) in [5.41, 5.74) is 1.37. The van der Waals surface area contributed by atoms with Crippen LogP contribution in [-0.4, -0.2) is 31.2 Å². The number of rotatable bonds is 9. The topological polar surface area (TPSA) is 60.5 Å². The van der Waals surface area contributed by atoms with Gasteiger partial charge >= 0.3 is 6.18 Å². The fourth-order valence-corrected chi connectivity index (χ4v) is 4.46. The van der Waals surface area contributed by atoms with E-state index in [-0.39, 0.29) is 24.7 Å². The molecule has 0 saturated heterocycles. The predicted molar refractivity (Wildman–Crippen MR) is 120 cm³/mol. The van der Waals surface area contributed by atoms with Crippen LogP contribution >= 0.6 is 23.1 Å². The van der Waals surface area contributed by atoms with Crippen molar-refractivity contribution in [3.8, 4) is 5.75 Å². The number of nitrogens with zero attached hydrogens (tertiary/aromatic N) is 1. The molecule has 0 spiro atoms. The molecule has 3 rings (SSSR count). The average Bonchev–Trinajstić information content (AvgIpc) is 3.18. The number of thiazole rings is 1. The molecule has 0 aliphatic carbocycles. The van der Waals surface area contributed by atoms with E-state index in [4.69, 9.17) is 9.47 Å². The van der Waals surface area contributed by atoms with Crippen molar-refractivity contribution in [2.24, 2.45) is 0 Å². The number of aromatic nitrogens is 1. The molecule has 170 valence electrons. The van der Waals surface area contributed by atoms with Crippen molar-refractivity contribution in [2.75, 3.05) is 25.6 Å². The van der Waals surface area contributed by atoms with E-state index in [9.17, 15) is 18.0 Å². The molecule has 3 aromatic rings. The van der Waals surface area contributed by atoms with E-state index in [1.165, 1.54) is 13.2 Å². The first kappa shape index (κ1) is 24.1. The van der Waals surface area contributed by atoms with Crippen molar-refractivity contribution in [3.05, 3.63) is 70.2 Å². The number of ether oxygens (including phenoxy) is 2. The van der Waals surface area contributed by atoms with Gasteiger partial charge in [0.05, 0.1) is 17.9 Å². The van der Waals surface area contributed by atoms with Gasteiger partial charge in [-0.25, -0.2) is 4.98 Å². The number of amides is 1. The van der Waals surface area contributed by atoms with E-state index in [1.807, 2.05) is 24.4 Å². The summed E-state index contributed by atoms with van der Waals surface area (Å²) in [6.07, 6.45) is -4.54. The smallest absolute Gasteiger partial charge is 0.416 e. The number of anilines is 1. The Hall–Kier alpha value is -2.56. The van der Waals surface area contributed by atoms with Gasteiger partial charge in [0.15, 0.2) is 0 Å². The Bertz CT molecular complexity index is 1050. The number of nitrogens with one attached hydrogen (secondary N) is 1. The van der Waals surface area contributed by atoms with Crippen LogP contribution in [0.15, 0.2) is 52.2 Å². The van der Waals surface area contributed by atoms with Gasteiger partial charge in [-0.1, -0.05) is 23.9 Å². The maximum absolute atomic E-state index is 13.1. The van der Waals surface area contributed by atoms with Gasteiger partial charge in [0.25, 0.3) is 5.91 Å². The van der Waals surface area contributed by atoms with Crippen molar-refractivity contribution < 1.29 is 27.4 Å². The lowest BCUT2D eigenvalue weighted by atomic mass is 10.1. The zero-order valence-electron chi connectivity index (χ0n) is 17.4. The molecule has 2 aromatic carbocycles. The first-order valence-electron chi connectivity index (χ1n) is 9.54. The van der Waals surface area contributed by atoms with Crippen molar-refractivity contribution in [2.45, 2.75) is 23.2 Å². The molecule has 0 fully saturated rings. The molecule has 32 heavy (non-hydrogen) atoms. The maximum atomic E-state index is 13.1. The minimum atomic E-state index is -4.54. The van der Waals surface area contributed by atoms with Gasteiger partial charge in [0.1, 0.15) is 16.7 Å². The molecule has 0 radical (unpaired) electrons. The second-order valence-corrected chi connectivity index (χ2v) is 8.83. The molecule has 1 heterocycles. The second kappa shape index (κ2) is 10.8. The monoisotopic (exact) mass is 482 g/mol. The van der Waals surface area contributed by atoms with Gasteiger partial charge in [-0.3, -0.25) is 4.79 Å². The highest BCUT2D eigenvalue weighted by Gasteiger charge is 2.31. The molecule has 0 aliphatic rings. The van der Waals surface area contributed by atoms with Crippen molar-refractivity contribution in [1.29, 1.82) is 0 Å². The number of halogens is 3. The van der Waals surface area contributed by atoms with Crippen LogP contribution in [0.1, 0.15) is 27.2 Å². The Morgan fingerprint density at radius 2 is 1.91 bits per heavy atom. The molecular weight excluding hydrogens is 461 g/mol. The third-order valence-corrected chi connectivity index (χ3v) is 6.49. The number of thioether (sulfide) groups is 1. The molecule has 1 N–H and O–H groups in total. The molecule has 5 nitrogen and oxygen atoms in total. The van der Waals surface area contributed by atoms with E-state index < -0.39 is 17.6 Å². The lowest BCUT2D eigenvalue weighted by molar-refractivity contribution is -0.137. The lowest BCUT2D eigenvalue weighted by Crippen LogP contribution is -2.15. The van der Waals surface area contributed by atoms with Gasteiger partial charge in [-0.2, -0.15) is 13.2 Å². The van der Waals surface area contributed by atoms with E-state index in [0.29, 0.717) is 11.3 Å². The van der Waals surface area contributed by atoms with Crippen LogP contribution < -0.4 is 10.1 Å². The fourth-order valence-electron chi connectivity index (χ4n) is 2.66. The van der Waals surface area contributed by atoms with E-state index in [2.05, 4.69) is 10.3 Å². The fraction of sp³-hybridized carbons (Fsp3) is 0.273. The molecule has 1 aromatic heterocycles. The number of alkyl halides is 3. The summed E-state index contributed by atoms with van der Waals surface area (Å²) >= 11 is 3.18. The molecule has 0 atom stereocenters. The highest BCUT2D eigenvalue weighted by molar-refractivity contribution is 8.00. The predicted octanol–water partition coefficient (Wildman–Crippen LogP) is 6.04. The third kappa shape index (κ3) is 6.72. The number of hydrogen-bond acceptors (Lipinski definition) is 6. The zero-order chi connectivity index (χ0) is 23.1. The number of benzene rings is 2. The van der Waals surface area contributed by atoms with Crippen LogP contribution in [0.25, 0.3) is 0 Å². The van der Waals surface area contributed by atoms with E-state index >= 15 is 0 Å². The molecule has 0 aliphatic heterocycles. The van der Waals surface area contributed by atoms with Crippen LogP contribution in [0.5, 0.6) is 5.75 Å². The number of carbonyl (C=O) groups is 1. The summed E-state index contributed by atoms with van der Waals surface area (Å²) in [5, 5.41) is 4.51. The average molecular weight is 483 g/mol. The minimum absolute atomic E-state index is 0.0558. The first-order chi connectivity index (χ1) is 15.3.